The van der Waals surface area contributed by atoms with Crippen LogP contribution in [0.25, 0.3) is 0 Å². The molecule has 1 amide bonds. The van der Waals surface area contributed by atoms with E-state index in [-0.39, 0.29) is 17.6 Å². The van der Waals surface area contributed by atoms with Gasteiger partial charge in [0.2, 0.25) is 5.91 Å². The Kier molecular flexibility index (Phi) is 4.11. The molecule has 0 radical (unpaired) electrons. The van der Waals surface area contributed by atoms with E-state index < -0.39 is 0 Å². The van der Waals surface area contributed by atoms with Gasteiger partial charge in [-0.15, -0.1) is 0 Å². The van der Waals surface area contributed by atoms with Gasteiger partial charge in [0.25, 0.3) is 0 Å². The fraction of sp³-hybridized carbons (Fsp3) is 0.909. The summed E-state index contributed by atoms with van der Waals surface area (Å²) in [5, 5.41) is 3.25. The Hall–Kier alpha value is -0.610. The van der Waals surface area contributed by atoms with Crippen molar-refractivity contribution in [3.63, 3.8) is 0 Å². The van der Waals surface area contributed by atoms with Gasteiger partial charge in [0.1, 0.15) is 0 Å². The van der Waals surface area contributed by atoms with Gasteiger partial charge >= 0.3 is 0 Å². The minimum absolute atomic E-state index is 0.111. The maximum absolute atomic E-state index is 12.0. The fourth-order valence-electron chi connectivity index (χ4n) is 1.84. The van der Waals surface area contributed by atoms with E-state index in [4.69, 9.17) is 4.74 Å². The number of carbonyl (C=O) groups excluding carboxylic acids is 1. The zero-order valence-electron chi connectivity index (χ0n) is 10.2. The van der Waals surface area contributed by atoms with Crippen LogP contribution in [-0.2, 0) is 9.53 Å². The summed E-state index contributed by atoms with van der Waals surface area (Å²) in [6, 6.07) is 0. The molecule has 15 heavy (non-hydrogen) atoms. The van der Waals surface area contributed by atoms with Crippen LogP contribution in [0.15, 0.2) is 0 Å². The molecule has 0 aromatic heterocycles. The molecule has 0 aliphatic carbocycles. The van der Waals surface area contributed by atoms with Crippen LogP contribution < -0.4 is 5.32 Å². The summed E-state index contributed by atoms with van der Waals surface area (Å²) in [5.41, 5.74) is -0.369. The van der Waals surface area contributed by atoms with Crippen molar-refractivity contribution in [2.24, 2.45) is 0 Å². The van der Waals surface area contributed by atoms with E-state index in [0.717, 1.165) is 6.42 Å². The second kappa shape index (κ2) is 4.94. The van der Waals surface area contributed by atoms with E-state index >= 15 is 0 Å². The average molecular weight is 214 g/mol. The minimum atomic E-state index is -0.369. The van der Waals surface area contributed by atoms with Crippen molar-refractivity contribution >= 4 is 5.91 Å². The van der Waals surface area contributed by atoms with Gasteiger partial charge in [-0.25, -0.2) is 0 Å². The molecule has 2 unspecified atom stereocenters. The third-order valence-electron chi connectivity index (χ3n) is 3.06. The summed E-state index contributed by atoms with van der Waals surface area (Å²) in [7, 11) is 0. The van der Waals surface area contributed by atoms with Crippen LogP contribution in [0.2, 0.25) is 0 Å². The highest BCUT2D eigenvalue weighted by atomic mass is 16.5. The van der Waals surface area contributed by atoms with Crippen molar-refractivity contribution in [1.29, 1.82) is 0 Å². The lowest BCUT2D eigenvalue weighted by atomic mass is 9.99. The lowest BCUT2D eigenvalue weighted by Crippen LogP contribution is -2.43. The van der Waals surface area contributed by atoms with Gasteiger partial charge in [0.15, 0.2) is 0 Å². The van der Waals surface area contributed by atoms with Crippen LogP contribution >= 0.6 is 0 Å². The summed E-state index contributed by atoms with van der Waals surface area (Å²) >= 11 is 0. The first-order valence-corrected chi connectivity index (χ1v) is 5.69. The number of amides is 1. The van der Waals surface area contributed by atoms with Crippen LogP contribution in [0.4, 0.5) is 0 Å². The Balaban J connectivity index is 2.49. The van der Waals surface area contributed by atoms with Crippen molar-refractivity contribution in [2.75, 3.05) is 19.8 Å². The van der Waals surface area contributed by atoms with Crippen molar-refractivity contribution in [1.82, 2.24) is 10.2 Å². The van der Waals surface area contributed by atoms with E-state index in [1.807, 2.05) is 32.6 Å². The van der Waals surface area contributed by atoms with Gasteiger partial charge in [-0.05, 0) is 27.2 Å². The Morgan fingerprint density at radius 3 is 2.73 bits per heavy atom. The number of hydrogen-bond acceptors (Lipinski definition) is 3. The highest BCUT2D eigenvalue weighted by Gasteiger charge is 2.40. The quantitative estimate of drug-likeness (QED) is 0.741. The number of nitrogens with one attached hydrogen (secondary N) is 1. The number of ether oxygens (including phenoxy) is 1. The molecular weight excluding hydrogens is 192 g/mol. The third-order valence-corrected chi connectivity index (χ3v) is 3.06. The molecule has 1 N–H and O–H groups in total. The molecule has 0 saturated carbocycles. The maximum atomic E-state index is 12.0. The molecule has 4 nitrogen and oxygen atoms in total. The monoisotopic (exact) mass is 214 g/mol. The van der Waals surface area contributed by atoms with Gasteiger partial charge < -0.3 is 9.64 Å². The predicted octanol–water partition coefficient (Wildman–Crippen LogP) is 0.969. The molecule has 88 valence electrons. The molecule has 1 saturated heterocycles. The van der Waals surface area contributed by atoms with Gasteiger partial charge in [-0.1, -0.05) is 6.92 Å². The van der Waals surface area contributed by atoms with Crippen molar-refractivity contribution in [2.45, 2.75) is 45.8 Å². The lowest BCUT2D eigenvalue weighted by molar-refractivity contribution is -0.133. The molecular formula is C11H22N2O2. The Morgan fingerprint density at radius 2 is 2.27 bits per heavy atom. The number of carbonyl (C=O) groups is 1. The maximum Gasteiger partial charge on any atom is 0.243 e. The molecule has 1 fully saturated rings. The molecule has 0 spiro atoms. The first-order chi connectivity index (χ1) is 7.03. The van der Waals surface area contributed by atoms with E-state index in [0.29, 0.717) is 19.8 Å². The normalized spacial score (nSPS) is 28.5. The number of nitrogens with zero attached hydrogens (tertiary/aromatic N) is 1. The second-order valence-corrected chi connectivity index (χ2v) is 4.31. The summed E-state index contributed by atoms with van der Waals surface area (Å²) in [6.45, 7) is 9.97. The molecule has 1 heterocycles. The Morgan fingerprint density at radius 1 is 1.60 bits per heavy atom. The van der Waals surface area contributed by atoms with Gasteiger partial charge in [-0.2, -0.15) is 0 Å². The molecule has 4 heteroatoms. The molecule has 0 aromatic carbocycles. The fourth-order valence-corrected chi connectivity index (χ4v) is 1.84. The largest absolute Gasteiger partial charge is 0.377 e. The molecule has 0 aromatic rings. The van der Waals surface area contributed by atoms with Gasteiger partial charge in [0.05, 0.1) is 18.3 Å². The van der Waals surface area contributed by atoms with Crippen LogP contribution in [0, 0.1) is 0 Å². The van der Waals surface area contributed by atoms with E-state index in [2.05, 4.69) is 5.32 Å². The Bertz CT molecular complexity index is 233. The average Bonchev–Trinajstić information content (AvgIpc) is 2.48. The molecule has 1 aliphatic rings. The first kappa shape index (κ1) is 12.5. The molecule has 0 bridgehead atoms. The molecule has 1 aliphatic heterocycles. The highest BCUT2D eigenvalue weighted by Crippen LogP contribution is 2.19. The van der Waals surface area contributed by atoms with Crippen LogP contribution in [0.5, 0.6) is 0 Å². The Labute approximate surface area is 92.0 Å². The van der Waals surface area contributed by atoms with E-state index in [1.54, 1.807) is 0 Å². The zero-order chi connectivity index (χ0) is 11.5. The van der Waals surface area contributed by atoms with Crippen LogP contribution in [-0.4, -0.2) is 42.3 Å². The van der Waals surface area contributed by atoms with Gasteiger partial charge in [0, 0.05) is 13.2 Å². The summed E-state index contributed by atoms with van der Waals surface area (Å²) in [4.78, 5) is 13.8. The number of rotatable bonds is 5. The highest BCUT2D eigenvalue weighted by molar-refractivity contribution is 5.87. The number of hydrogen-bond donors (Lipinski definition) is 1. The topological polar surface area (TPSA) is 41.6 Å². The zero-order valence-corrected chi connectivity index (χ0v) is 10.2. The van der Waals surface area contributed by atoms with Crippen molar-refractivity contribution in [3.05, 3.63) is 0 Å². The smallest absolute Gasteiger partial charge is 0.243 e. The third kappa shape index (κ3) is 2.69. The van der Waals surface area contributed by atoms with Crippen LogP contribution in [0.1, 0.15) is 34.1 Å². The molecule has 1 rings (SSSR count). The summed E-state index contributed by atoms with van der Waals surface area (Å²) in [6.07, 6.45) is 0.936. The van der Waals surface area contributed by atoms with E-state index in [1.165, 1.54) is 0 Å². The van der Waals surface area contributed by atoms with E-state index in [9.17, 15) is 4.79 Å². The van der Waals surface area contributed by atoms with Crippen molar-refractivity contribution in [3.8, 4) is 0 Å². The summed E-state index contributed by atoms with van der Waals surface area (Å²) < 4.78 is 5.43. The van der Waals surface area contributed by atoms with Crippen molar-refractivity contribution < 1.29 is 9.53 Å². The SMILES string of the molecule is CCOC(C)CN1CNC(C)(CC)C1=O. The predicted molar refractivity (Wildman–Crippen MR) is 59.5 cm³/mol. The molecule has 2 atom stereocenters. The van der Waals surface area contributed by atoms with Crippen LogP contribution in [0.3, 0.4) is 0 Å². The summed E-state index contributed by atoms with van der Waals surface area (Å²) in [5.74, 6) is 0.191. The first-order valence-electron chi connectivity index (χ1n) is 5.69. The van der Waals surface area contributed by atoms with Gasteiger partial charge in [-0.3, -0.25) is 10.1 Å². The standard InChI is InChI=1S/C11H22N2O2/c1-5-11(4)10(14)13(8-12-11)7-9(3)15-6-2/h9,12H,5-8H2,1-4H3. The second-order valence-electron chi connectivity index (χ2n) is 4.31. The minimum Gasteiger partial charge on any atom is -0.377 e. The lowest BCUT2D eigenvalue weighted by Gasteiger charge is -2.23.